The Morgan fingerprint density at radius 1 is 1.30 bits per heavy atom. The summed E-state index contributed by atoms with van der Waals surface area (Å²) in [4.78, 5) is 22.5. The lowest BCUT2D eigenvalue weighted by Crippen LogP contribution is -2.31. The largest absolute Gasteiger partial charge is 0.464 e. The molecule has 2 aromatic heterocycles. The Balaban J connectivity index is 2.00. The maximum absolute atomic E-state index is 11.6. The number of likely N-dealkylation sites (N-methyl/N-ethyl adjacent to an activating group) is 1. The fourth-order valence-electron chi connectivity index (χ4n) is 2.37. The summed E-state index contributed by atoms with van der Waals surface area (Å²) in [6.07, 6.45) is 2.72. The van der Waals surface area contributed by atoms with Crippen LogP contribution in [0.2, 0.25) is 0 Å². The van der Waals surface area contributed by atoms with E-state index < -0.39 is 5.97 Å². The number of ether oxygens (including phenoxy) is 1. The van der Waals surface area contributed by atoms with Crippen LogP contribution >= 0.6 is 0 Å². The molecule has 0 saturated carbocycles. The average Bonchev–Trinajstić information content (AvgIpc) is 2.54. The molecule has 0 saturated heterocycles. The Morgan fingerprint density at radius 2 is 2.09 bits per heavy atom. The predicted octanol–water partition coefficient (Wildman–Crippen LogP) is 2.63. The zero-order valence-corrected chi connectivity index (χ0v) is 14.1. The molecular weight excluding hydrogens is 290 g/mol. The molecule has 0 aliphatic rings. The molecule has 0 fully saturated rings. The monoisotopic (exact) mass is 313 g/mol. The third-order valence-corrected chi connectivity index (χ3v) is 3.84. The first-order chi connectivity index (χ1) is 11.0. The van der Waals surface area contributed by atoms with E-state index in [0.717, 1.165) is 17.8 Å². The van der Waals surface area contributed by atoms with Crippen molar-refractivity contribution in [3.8, 4) is 0 Å². The number of pyridine rings is 2. The van der Waals surface area contributed by atoms with Crippen molar-refractivity contribution >= 4 is 5.97 Å². The number of esters is 1. The minimum Gasteiger partial charge on any atom is -0.464 e. The molecule has 2 rings (SSSR count). The molecule has 0 aliphatic carbocycles. The zero-order valence-electron chi connectivity index (χ0n) is 14.1. The Morgan fingerprint density at radius 3 is 2.78 bits per heavy atom. The van der Waals surface area contributed by atoms with Crippen molar-refractivity contribution in [3.05, 3.63) is 59.2 Å². The van der Waals surface area contributed by atoms with Crippen molar-refractivity contribution in [1.29, 1.82) is 0 Å². The second kappa shape index (κ2) is 7.83. The number of hydrogen-bond acceptors (Lipinski definition) is 5. The lowest BCUT2D eigenvalue weighted by molar-refractivity contribution is 0.0593. The van der Waals surface area contributed by atoms with Crippen molar-refractivity contribution in [2.45, 2.75) is 32.9 Å². The SMILES string of the molecule is COC(=O)c1cccc(CN(C)C(C)Cc2cc(C)ccn2)n1. The standard InChI is InChI=1S/C18H23N3O2/c1-13-8-9-19-16(10-13)11-14(2)21(3)12-15-6-5-7-17(20-15)18(22)23-4/h5-10,14H,11-12H2,1-4H3. The van der Waals surface area contributed by atoms with Crippen LogP contribution in [-0.4, -0.2) is 41.0 Å². The van der Waals surface area contributed by atoms with Gasteiger partial charge in [-0.25, -0.2) is 9.78 Å². The van der Waals surface area contributed by atoms with E-state index in [2.05, 4.69) is 34.8 Å². The number of hydrogen-bond donors (Lipinski definition) is 0. The van der Waals surface area contributed by atoms with Crippen LogP contribution in [0.1, 0.15) is 34.4 Å². The van der Waals surface area contributed by atoms with Gasteiger partial charge in [-0.2, -0.15) is 0 Å². The van der Waals surface area contributed by atoms with Gasteiger partial charge in [0.1, 0.15) is 5.69 Å². The first kappa shape index (κ1) is 17.1. The minimum atomic E-state index is -0.411. The van der Waals surface area contributed by atoms with Crippen molar-refractivity contribution in [2.75, 3.05) is 14.2 Å². The summed E-state index contributed by atoms with van der Waals surface area (Å²) in [5.41, 5.74) is 3.49. The van der Waals surface area contributed by atoms with Crippen LogP contribution in [0, 0.1) is 6.92 Å². The highest BCUT2D eigenvalue weighted by atomic mass is 16.5. The van der Waals surface area contributed by atoms with Gasteiger partial charge in [0.25, 0.3) is 0 Å². The lowest BCUT2D eigenvalue weighted by Gasteiger charge is -2.24. The predicted molar refractivity (Wildman–Crippen MR) is 89.2 cm³/mol. The maximum atomic E-state index is 11.6. The van der Waals surface area contributed by atoms with Crippen molar-refractivity contribution in [1.82, 2.24) is 14.9 Å². The van der Waals surface area contributed by atoms with Gasteiger partial charge in [0.2, 0.25) is 0 Å². The molecule has 1 unspecified atom stereocenters. The van der Waals surface area contributed by atoms with Gasteiger partial charge in [-0.1, -0.05) is 6.07 Å². The van der Waals surface area contributed by atoms with Gasteiger partial charge in [0.15, 0.2) is 0 Å². The van der Waals surface area contributed by atoms with E-state index in [0.29, 0.717) is 18.3 Å². The van der Waals surface area contributed by atoms with Gasteiger partial charge in [0, 0.05) is 30.9 Å². The van der Waals surface area contributed by atoms with Gasteiger partial charge in [0.05, 0.1) is 12.8 Å². The summed E-state index contributed by atoms with van der Waals surface area (Å²) in [6, 6.07) is 9.83. The number of rotatable bonds is 6. The molecule has 5 heteroatoms. The van der Waals surface area contributed by atoms with Gasteiger partial charge in [-0.05, 0) is 50.7 Å². The van der Waals surface area contributed by atoms with E-state index in [1.165, 1.54) is 12.7 Å². The molecule has 0 bridgehead atoms. The van der Waals surface area contributed by atoms with Crippen LogP contribution in [0.25, 0.3) is 0 Å². The van der Waals surface area contributed by atoms with Crippen LogP contribution in [0.15, 0.2) is 36.5 Å². The van der Waals surface area contributed by atoms with Crippen LogP contribution in [0.3, 0.4) is 0 Å². The van der Waals surface area contributed by atoms with Crippen LogP contribution in [0.4, 0.5) is 0 Å². The van der Waals surface area contributed by atoms with E-state index in [4.69, 9.17) is 4.74 Å². The van der Waals surface area contributed by atoms with E-state index in [9.17, 15) is 4.79 Å². The lowest BCUT2D eigenvalue weighted by atomic mass is 10.1. The van der Waals surface area contributed by atoms with E-state index in [-0.39, 0.29) is 0 Å². The summed E-state index contributed by atoms with van der Waals surface area (Å²) in [5.74, 6) is -0.411. The van der Waals surface area contributed by atoms with Gasteiger partial charge in [-0.3, -0.25) is 9.88 Å². The van der Waals surface area contributed by atoms with Crippen molar-refractivity contribution in [2.24, 2.45) is 0 Å². The number of carbonyl (C=O) groups excluding carboxylic acids is 1. The summed E-state index contributed by atoms with van der Waals surface area (Å²) < 4.78 is 4.71. The molecule has 2 heterocycles. The van der Waals surface area contributed by atoms with E-state index >= 15 is 0 Å². The third kappa shape index (κ3) is 4.86. The Kier molecular flexibility index (Phi) is 5.82. The first-order valence-electron chi connectivity index (χ1n) is 7.65. The number of methoxy groups -OCH3 is 1. The molecule has 0 radical (unpaired) electrons. The number of carbonyl (C=O) groups is 1. The number of aromatic nitrogens is 2. The van der Waals surface area contributed by atoms with Crippen LogP contribution in [-0.2, 0) is 17.7 Å². The second-order valence-electron chi connectivity index (χ2n) is 5.80. The van der Waals surface area contributed by atoms with Gasteiger partial charge >= 0.3 is 5.97 Å². The van der Waals surface area contributed by atoms with Crippen molar-refractivity contribution < 1.29 is 9.53 Å². The Hall–Kier alpha value is -2.27. The first-order valence-corrected chi connectivity index (χ1v) is 7.65. The van der Waals surface area contributed by atoms with Crippen LogP contribution < -0.4 is 0 Å². The molecule has 0 aromatic carbocycles. The quantitative estimate of drug-likeness (QED) is 0.767. The third-order valence-electron chi connectivity index (χ3n) is 3.84. The van der Waals surface area contributed by atoms with Crippen LogP contribution in [0.5, 0.6) is 0 Å². The molecule has 0 amide bonds. The zero-order chi connectivity index (χ0) is 16.8. The van der Waals surface area contributed by atoms with Gasteiger partial charge in [-0.15, -0.1) is 0 Å². The highest BCUT2D eigenvalue weighted by molar-refractivity contribution is 5.87. The summed E-state index contributed by atoms with van der Waals surface area (Å²) >= 11 is 0. The Labute approximate surface area is 137 Å². The summed E-state index contributed by atoms with van der Waals surface area (Å²) in [6.45, 7) is 4.90. The molecule has 5 nitrogen and oxygen atoms in total. The fourth-order valence-corrected chi connectivity index (χ4v) is 2.37. The van der Waals surface area contributed by atoms with E-state index in [1.54, 1.807) is 6.07 Å². The number of nitrogens with zero attached hydrogens (tertiary/aromatic N) is 3. The Bertz CT molecular complexity index is 673. The summed E-state index contributed by atoms with van der Waals surface area (Å²) in [5, 5.41) is 0. The number of aryl methyl sites for hydroxylation is 1. The maximum Gasteiger partial charge on any atom is 0.356 e. The topological polar surface area (TPSA) is 55.3 Å². The molecule has 23 heavy (non-hydrogen) atoms. The molecule has 0 N–H and O–H groups in total. The summed E-state index contributed by atoms with van der Waals surface area (Å²) in [7, 11) is 3.41. The molecule has 2 aromatic rings. The molecule has 0 aliphatic heterocycles. The van der Waals surface area contributed by atoms with E-state index in [1.807, 2.05) is 31.4 Å². The molecular formula is C18H23N3O2. The normalized spacial score (nSPS) is 12.2. The molecule has 122 valence electrons. The smallest absolute Gasteiger partial charge is 0.356 e. The fraction of sp³-hybridized carbons (Fsp3) is 0.389. The average molecular weight is 313 g/mol. The molecule has 0 spiro atoms. The highest BCUT2D eigenvalue weighted by Gasteiger charge is 2.13. The van der Waals surface area contributed by atoms with Gasteiger partial charge < -0.3 is 4.74 Å². The van der Waals surface area contributed by atoms with Crippen molar-refractivity contribution in [3.63, 3.8) is 0 Å². The molecule has 1 atom stereocenters. The minimum absolute atomic E-state index is 0.313. The highest BCUT2D eigenvalue weighted by Crippen LogP contribution is 2.10. The second-order valence-corrected chi connectivity index (χ2v) is 5.80.